The van der Waals surface area contributed by atoms with E-state index in [1.54, 1.807) is 0 Å². The lowest BCUT2D eigenvalue weighted by Gasteiger charge is -2.17. The van der Waals surface area contributed by atoms with Gasteiger partial charge in [0, 0.05) is 13.8 Å². The summed E-state index contributed by atoms with van der Waals surface area (Å²) in [7, 11) is 0. The molecular weight excluding hydrogens is 152 g/mol. The van der Waals surface area contributed by atoms with Crippen LogP contribution in [0.15, 0.2) is 0 Å². The Morgan fingerprint density at radius 2 is 2.36 bits per heavy atom. The SMILES string of the molecule is CC(=O)OC1(C)COC(=O)O1. The Hall–Kier alpha value is -1.26. The van der Waals surface area contributed by atoms with Gasteiger partial charge in [-0.05, 0) is 0 Å². The van der Waals surface area contributed by atoms with E-state index in [4.69, 9.17) is 0 Å². The fraction of sp³-hybridized carbons (Fsp3) is 0.667. The molecule has 0 amide bonds. The molecule has 1 rings (SSSR count). The molecule has 62 valence electrons. The molecule has 0 aromatic heterocycles. The van der Waals surface area contributed by atoms with E-state index in [-0.39, 0.29) is 6.61 Å². The molecule has 0 aromatic rings. The van der Waals surface area contributed by atoms with Crippen molar-refractivity contribution in [2.45, 2.75) is 19.6 Å². The highest BCUT2D eigenvalue weighted by Gasteiger charge is 2.40. The molecule has 1 atom stereocenters. The number of esters is 1. The first-order chi connectivity index (χ1) is 5.02. The maximum atomic E-state index is 10.4. The summed E-state index contributed by atoms with van der Waals surface area (Å²) >= 11 is 0. The van der Waals surface area contributed by atoms with E-state index >= 15 is 0 Å². The second-order valence-electron chi connectivity index (χ2n) is 2.37. The van der Waals surface area contributed by atoms with Gasteiger partial charge in [0.15, 0.2) is 6.61 Å². The number of hydrogen-bond donors (Lipinski definition) is 0. The van der Waals surface area contributed by atoms with Gasteiger partial charge in [-0.3, -0.25) is 4.79 Å². The van der Waals surface area contributed by atoms with Crippen molar-refractivity contribution in [2.75, 3.05) is 6.61 Å². The van der Waals surface area contributed by atoms with Crippen LogP contribution in [0.2, 0.25) is 0 Å². The number of ether oxygens (including phenoxy) is 3. The van der Waals surface area contributed by atoms with Crippen LogP contribution in [0.4, 0.5) is 4.79 Å². The van der Waals surface area contributed by atoms with Gasteiger partial charge in [-0.2, -0.15) is 0 Å². The molecule has 1 unspecified atom stereocenters. The minimum absolute atomic E-state index is 0.0502. The van der Waals surface area contributed by atoms with E-state index < -0.39 is 17.9 Å². The normalized spacial score (nSPS) is 29.1. The summed E-state index contributed by atoms with van der Waals surface area (Å²) in [4.78, 5) is 20.8. The van der Waals surface area contributed by atoms with E-state index in [2.05, 4.69) is 14.2 Å². The Labute approximate surface area is 63.2 Å². The smallest absolute Gasteiger partial charge is 0.426 e. The van der Waals surface area contributed by atoms with Gasteiger partial charge in [-0.25, -0.2) is 4.79 Å². The molecule has 0 aliphatic carbocycles. The zero-order chi connectivity index (χ0) is 8.48. The molecular formula is C6H8O5. The van der Waals surface area contributed by atoms with Gasteiger partial charge >= 0.3 is 12.1 Å². The first kappa shape index (κ1) is 7.84. The number of cyclic esters (lactones) is 2. The summed E-state index contributed by atoms with van der Waals surface area (Å²) in [5.41, 5.74) is 0. The number of carbonyl (C=O) groups excluding carboxylic acids is 2. The Kier molecular flexibility index (Phi) is 1.72. The van der Waals surface area contributed by atoms with E-state index in [0.717, 1.165) is 0 Å². The van der Waals surface area contributed by atoms with Crippen molar-refractivity contribution in [1.29, 1.82) is 0 Å². The second kappa shape index (κ2) is 2.41. The predicted octanol–water partition coefficient (Wildman–Crippen LogP) is 0.432. The fourth-order valence-corrected chi connectivity index (χ4v) is 0.780. The molecule has 11 heavy (non-hydrogen) atoms. The van der Waals surface area contributed by atoms with Gasteiger partial charge in [0.1, 0.15) is 0 Å². The lowest BCUT2D eigenvalue weighted by atomic mass is 10.3. The van der Waals surface area contributed by atoms with Gasteiger partial charge in [0.25, 0.3) is 5.79 Å². The average Bonchev–Trinajstić information content (AvgIpc) is 2.08. The number of carbonyl (C=O) groups is 2. The zero-order valence-electron chi connectivity index (χ0n) is 6.25. The molecule has 0 bridgehead atoms. The molecule has 0 aromatic carbocycles. The summed E-state index contributed by atoms with van der Waals surface area (Å²) in [5.74, 6) is -1.74. The summed E-state index contributed by atoms with van der Waals surface area (Å²) in [6, 6.07) is 0. The monoisotopic (exact) mass is 160 g/mol. The Balaban J connectivity index is 2.55. The maximum absolute atomic E-state index is 10.4. The third kappa shape index (κ3) is 1.83. The van der Waals surface area contributed by atoms with Crippen molar-refractivity contribution >= 4 is 12.1 Å². The van der Waals surface area contributed by atoms with Crippen molar-refractivity contribution in [3.8, 4) is 0 Å². The largest absolute Gasteiger partial charge is 0.511 e. The highest BCUT2D eigenvalue weighted by molar-refractivity contribution is 5.68. The van der Waals surface area contributed by atoms with Crippen molar-refractivity contribution in [2.24, 2.45) is 0 Å². The fourth-order valence-electron chi connectivity index (χ4n) is 0.780. The van der Waals surface area contributed by atoms with Gasteiger partial charge < -0.3 is 14.2 Å². The maximum Gasteiger partial charge on any atom is 0.511 e. The number of rotatable bonds is 1. The van der Waals surface area contributed by atoms with Gasteiger partial charge in [0.05, 0.1) is 0 Å². The second-order valence-corrected chi connectivity index (χ2v) is 2.37. The van der Waals surface area contributed by atoms with Crippen LogP contribution in [0.1, 0.15) is 13.8 Å². The minimum Gasteiger partial charge on any atom is -0.426 e. The zero-order valence-corrected chi connectivity index (χ0v) is 6.25. The predicted molar refractivity (Wildman–Crippen MR) is 32.6 cm³/mol. The third-order valence-electron chi connectivity index (χ3n) is 1.11. The molecule has 1 fully saturated rings. The Morgan fingerprint density at radius 3 is 2.73 bits per heavy atom. The van der Waals surface area contributed by atoms with Crippen LogP contribution in [-0.4, -0.2) is 24.5 Å². The van der Waals surface area contributed by atoms with E-state index in [1.165, 1.54) is 13.8 Å². The molecule has 1 saturated heterocycles. The lowest BCUT2D eigenvalue weighted by molar-refractivity contribution is -0.187. The number of hydrogen-bond acceptors (Lipinski definition) is 5. The van der Waals surface area contributed by atoms with Crippen LogP contribution in [0.25, 0.3) is 0 Å². The highest BCUT2D eigenvalue weighted by atomic mass is 16.9. The average molecular weight is 160 g/mol. The highest BCUT2D eigenvalue weighted by Crippen LogP contribution is 2.20. The summed E-state index contributed by atoms with van der Waals surface area (Å²) in [5, 5.41) is 0. The summed E-state index contributed by atoms with van der Waals surface area (Å²) in [6.45, 7) is 2.64. The van der Waals surface area contributed by atoms with Gasteiger partial charge in [0.2, 0.25) is 0 Å². The van der Waals surface area contributed by atoms with Gasteiger partial charge in [-0.1, -0.05) is 0 Å². The molecule has 1 aliphatic rings. The Bertz CT molecular complexity index is 199. The molecule has 0 N–H and O–H groups in total. The first-order valence-corrected chi connectivity index (χ1v) is 3.07. The van der Waals surface area contributed by atoms with Crippen LogP contribution < -0.4 is 0 Å². The molecule has 0 saturated carbocycles. The van der Waals surface area contributed by atoms with Crippen molar-refractivity contribution in [3.05, 3.63) is 0 Å². The van der Waals surface area contributed by atoms with E-state index in [0.29, 0.717) is 0 Å². The molecule has 1 aliphatic heterocycles. The van der Waals surface area contributed by atoms with E-state index in [1.807, 2.05) is 0 Å². The molecule has 5 nitrogen and oxygen atoms in total. The summed E-state index contributed by atoms with van der Waals surface area (Å²) < 4.78 is 13.6. The van der Waals surface area contributed by atoms with Gasteiger partial charge in [-0.15, -0.1) is 0 Å². The minimum atomic E-state index is -1.23. The van der Waals surface area contributed by atoms with Crippen LogP contribution >= 0.6 is 0 Å². The quantitative estimate of drug-likeness (QED) is 0.520. The topological polar surface area (TPSA) is 61.8 Å². The molecule has 0 radical (unpaired) electrons. The molecule has 5 heteroatoms. The lowest BCUT2D eigenvalue weighted by Crippen LogP contribution is -2.33. The van der Waals surface area contributed by atoms with Crippen LogP contribution in [0, 0.1) is 0 Å². The first-order valence-electron chi connectivity index (χ1n) is 3.07. The van der Waals surface area contributed by atoms with Crippen LogP contribution in [0.3, 0.4) is 0 Å². The van der Waals surface area contributed by atoms with Crippen molar-refractivity contribution in [3.63, 3.8) is 0 Å². The molecule has 0 spiro atoms. The molecule has 1 heterocycles. The van der Waals surface area contributed by atoms with E-state index in [9.17, 15) is 9.59 Å². The third-order valence-corrected chi connectivity index (χ3v) is 1.11. The Morgan fingerprint density at radius 1 is 1.73 bits per heavy atom. The van der Waals surface area contributed by atoms with Crippen molar-refractivity contribution < 1.29 is 23.8 Å². The van der Waals surface area contributed by atoms with Crippen LogP contribution in [-0.2, 0) is 19.0 Å². The van der Waals surface area contributed by atoms with Crippen molar-refractivity contribution in [1.82, 2.24) is 0 Å². The standard InChI is InChI=1S/C6H8O5/c1-4(7)10-6(2)3-9-5(8)11-6/h3H2,1-2H3. The summed E-state index contributed by atoms with van der Waals surface area (Å²) in [6.07, 6.45) is -0.811. The van der Waals surface area contributed by atoms with Crippen LogP contribution in [0.5, 0.6) is 0 Å².